The Bertz CT molecular complexity index is 1420. The molecule has 2 aromatic carbocycles. The number of aromatic hydroxyl groups is 1. The lowest BCUT2D eigenvalue weighted by Gasteiger charge is -2.67. The Labute approximate surface area is 237 Å². The van der Waals surface area contributed by atoms with Crippen LogP contribution in [0.3, 0.4) is 0 Å². The van der Waals surface area contributed by atoms with Crippen molar-refractivity contribution in [2.75, 3.05) is 20.1 Å². The van der Waals surface area contributed by atoms with E-state index in [4.69, 9.17) is 4.74 Å². The van der Waals surface area contributed by atoms with E-state index in [1.807, 2.05) is 19.1 Å². The Kier molecular flexibility index (Phi) is 6.54. The van der Waals surface area contributed by atoms with Crippen LogP contribution in [0, 0.1) is 5.92 Å². The molecule has 1 saturated heterocycles. The molecule has 1 amide bonds. The van der Waals surface area contributed by atoms with Crippen molar-refractivity contribution >= 4 is 12.0 Å². The van der Waals surface area contributed by atoms with Gasteiger partial charge in [0.2, 0.25) is 5.91 Å². The summed E-state index contributed by atoms with van der Waals surface area (Å²) in [6, 6.07) is 7.80. The van der Waals surface area contributed by atoms with Gasteiger partial charge in [0.1, 0.15) is 6.10 Å². The van der Waals surface area contributed by atoms with Crippen molar-refractivity contribution in [3.63, 3.8) is 0 Å². The van der Waals surface area contributed by atoms with E-state index in [1.165, 1.54) is 24.3 Å². The van der Waals surface area contributed by atoms with Crippen molar-refractivity contribution in [1.29, 1.82) is 0 Å². The molecule has 9 heteroatoms. The number of aliphatic hydroxyl groups is 1. The van der Waals surface area contributed by atoms with Crippen LogP contribution in [0.25, 0.3) is 6.08 Å². The average molecular weight is 569 g/mol. The molecule has 1 saturated carbocycles. The lowest BCUT2D eigenvalue weighted by molar-refractivity contribution is -0.226. The molecular weight excluding hydrogens is 533 g/mol. The van der Waals surface area contributed by atoms with Crippen molar-refractivity contribution in [3.05, 3.63) is 77.4 Å². The van der Waals surface area contributed by atoms with E-state index in [0.717, 1.165) is 23.3 Å². The second-order valence-electron chi connectivity index (χ2n) is 11.9. The third-order valence-corrected chi connectivity index (χ3v) is 10.1. The summed E-state index contributed by atoms with van der Waals surface area (Å²) < 4.78 is 46.1. The normalized spacial score (nSPS) is 32.0. The fraction of sp³-hybridized carbons (Fsp3) is 0.469. The molecule has 41 heavy (non-hydrogen) atoms. The maximum absolute atomic E-state index is 13.5. The molecule has 3 unspecified atom stereocenters. The maximum atomic E-state index is 13.5. The largest absolute Gasteiger partial charge is 0.504 e. The first-order valence-corrected chi connectivity index (χ1v) is 14.2. The Hall–Kier alpha value is -3.30. The minimum absolute atomic E-state index is 0.0204. The first kappa shape index (κ1) is 27.8. The highest BCUT2D eigenvalue weighted by Gasteiger charge is 2.75. The number of likely N-dealkylation sites (N-methyl/N-ethyl adjacent to an activating group) is 1. The van der Waals surface area contributed by atoms with Gasteiger partial charge in [-0.25, -0.2) is 0 Å². The summed E-state index contributed by atoms with van der Waals surface area (Å²) in [5.74, 6) is -0.116. The van der Waals surface area contributed by atoms with Crippen molar-refractivity contribution in [3.8, 4) is 11.5 Å². The molecule has 2 aromatic rings. The number of rotatable bonds is 6. The fourth-order valence-electron chi connectivity index (χ4n) is 8.33. The molecule has 2 aliphatic carbocycles. The van der Waals surface area contributed by atoms with Crippen LogP contribution in [0.5, 0.6) is 11.5 Å². The molecule has 4 aliphatic rings. The van der Waals surface area contributed by atoms with Crippen LogP contribution >= 0.6 is 0 Å². The number of carbonyl (C=O) groups excluding carboxylic acids is 1. The highest BCUT2D eigenvalue weighted by Crippen LogP contribution is 2.67. The molecule has 2 N–H and O–H groups in total. The van der Waals surface area contributed by atoms with E-state index < -0.39 is 34.9 Å². The number of benzene rings is 2. The van der Waals surface area contributed by atoms with E-state index in [9.17, 15) is 28.2 Å². The number of hydrogen-bond acceptors (Lipinski definition) is 5. The zero-order valence-corrected chi connectivity index (χ0v) is 23.2. The molecule has 2 aliphatic heterocycles. The van der Waals surface area contributed by atoms with E-state index in [2.05, 4.69) is 11.5 Å². The van der Waals surface area contributed by atoms with E-state index in [0.29, 0.717) is 44.5 Å². The van der Waals surface area contributed by atoms with Gasteiger partial charge in [-0.3, -0.25) is 9.69 Å². The van der Waals surface area contributed by atoms with Crippen molar-refractivity contribution < 1.29 is 32.9 Å². The molecular formula is C32H35F3N2O4. The number of hydrogen-bond donors (Lipinski definition) is 2. The van der Waals surface area contributed by atoms with Crippen LogP contribution in [0.15, 0.2) is 55.1 Å². The summed E-state index contributed by atoms with van der Waals surface area (Å²) >= 11 is 0. The standard InChI is InChI=1S/C32H35F3N2O4/c1-4-14-37-15-13-30-27-20-10-11-24(38)28(27)41-29(30)23(18-21(5-2)31(30,40)25(37)17-20)36(3)26(39)12-9-19-7-6-8-22(16-19)32(33,34)35/h4,6-12,16,21,23,25,29,38,40H,1,5,13-15,17-18H2,2-3H3/b12-9+/t21?,23?,25-,29?,30+,31-/m1/s1. The number of carbonyl (C=O) groups is 1. The molecule has 1 spiro atoms. The summed E-state index contributed by atoms with van der Waals surface area (Å²) in [5, 5.41) is 23.8. The zero-order chi connectivity index (χ0) is 29.3. The SMILES string of the molecule is C=CCN1CC[C@]23c4c5ccc(O)c4OC2C(N(C)C(=O)/C=C/c2cccc(C(F)(F)F)c2)CC(CC)[C@@]3(O)[C@H]1C5. The third-order valence-electron chi connectivity index (χ3n) is 10.1. The topological polar surface area (TPSA) is 73.2 Å². The molecule has 6 rings (SSSR count). The second kappa shape index (κ2) is 9.63. The van der Waals surface area contributed by atoms with Crippen molar-refractivity contribution in [2.24, 2.45) is 5.92 Å². The summed E-state index contributed by atoms with van der Waals surface area (Å²) in [7, 11) is 1.68. The van der Waals surface area contributed by atoms with Gasteiger partial charge in [-0.15, -0.1) is 6.58 Å². The Morgan fingerprint density at radius 2 is 2.07 bits per heavy atom. The van der Waals surface area contributed by atoms with Crippen LogP contribution in [-0.2, 0) is 22.8 Å². The Morgan fingerprint density at radius 3 is 2.78 bits per heavy atom. The number of alkyl halides is 3. The van der Waals surface area contributed by atoms with Gasteiger partial charge in [-0.2, -0.15) is 13.2 Å². The predicted octanol–water partition coefficient (Wildman–Crippen LogP) is 4.93. The Morgan fingerprint density at radius 1 is 1.29 bits per heavy atom. The van der Waals surface area contributed by atoms with Gasteiger partial charge in [0.05, 0.1) is 22.6 Å². The van der Waals surface area contributed by atoms with E-state index >= 15 is 0 Å². The van der Waals surface area contributed by atoms with Gasteiger partial charge in [-0.05, 0) is 67.1 Å². The van der Waals surface area contributed by atoms with E-state index in [1.54, 1.807) is 18.0 Å². The summed E-state index contributed by atoms with van der Waals surface area (Å²) in [5.41, 5.74) is -0.568. The van der Waals surface area contributed by atoms with Gasteiger partial charge in [0.25, 0.3) is 0 Å². The number of piperidine rings is 1. The van der Waals surface area contributed by atoms with Gasteiger partial charge < -0.3 is 19.8 Å². The Balaban J connectivity index is 1.39. The lowest BCUT2D eigenvalue weighted by Crippen LogP contribution is -2.80. The monoisotopic (exact) mass is 568 g/mol. The molecule has 218 valence electrons. The molecule has 0 aromatic heterocycles. The van der Waals surface area contributed by atoms with Crippen molar-refractivity contribution in [2.45, 2.75) is 68.0 Å². The number of nitrogens with zero attached hydrogens (tertiary/aromatic N) is 2. The van der Waals surface area contributed by atoms with Gasteiger partial charge in [0.15, 0.2) is 11.5 Å². The predicted molar refractivity (Wildman–Crippen MR) is 148 cm³/mol. The van der Waals surface area contributed by atoms with Gasteiger partial charge in [-0.1, -0.05) is 37.6 Å². The number of halogens is 3. The van der Waals surface area contributed by atoms with E-state index in [-0.39, 0.29) is 29.2 Å². The zero-order valence-electron chi connectivity index (χ0n) is 23.2. The number of ether oxygens (including phenoxy) is 1. The number of phenolic OH excluding ortho intramolecular Hbond substituents is 1. The fourth-order valence-corrected chi connectivity index (χ4v) is 8.33. The maximum Gasteiger partial charge on any atom is 0.416 e. The van der Waals surface area contributed by atoms with Crippen LogP contribution in [0.1, 0.15) is 48.4 Å². The molecule has 2 heterocycles. The van der Waals surface area contributed by atoms with Crippen molar-refractivity contribution in [1.82, 2.24) is 9.80 Å². The summed E-state index contributed by atoms with van der Waals surface area (Å²) in [6.45, 7) is 7.34. The van der Waals surface area contributed by atoms with Crippen LogP contribution in [0.4, 0.5) is 13.2 Å². The molecule has 6 nitrogen and oxygen atoms in total. The lowest BCUT2D eigenvalue weighted by atomic mass is 9.45. The van der Waals surface area contributed by atoms with Crippen LogP contribution < -0.4 is 4.74 Å². The first-order chi connectivity index (χ1) is 19.5. The molecule has 6 atom stereocenters. The second-order valence-corrected chi connectivity index (χ2v) is 11.9. The highest BCUT2D eigenvalue weighted by molar-refractivity contribution is 5.92. The van der Waals surface area contributed by atoms with Crippen LogP contribution in [-0.4, -0.2) is 69.8 Å². The first-order valence-electron chi connectivity index (χ1n) is 14.2. The van der Waals surface area contributed by atoms with Gasteiger partial charge >= 0.3 is 6.18 Å². The van der Waals surface area contributed by atoms with Crippen LogP contribution in [0.2, 0.25) is 0 Å². The number of likely N-dealkylation sites (tertiary alicyclic amines) is 1. The smallest absolute Gasteiger partial charge is 0.416 e. The average Bonchev–Trinajstić information content (AvgIpc) is 3.29. The number of phenols is 1. The molecule has 2 fully saturated rings. The molecule has 0 radical (unpaired) electrons. The minimum Gasteiger partial charge on any atom is -0.504 e. The quantitative estimate of drug-likeness (QED) is 0.382. The number of amides is 1. The van der Waals surface area contributed by atoms with Gasteiger partial charge in [0, 0.05) is 31.3 Å². The minimum atomic E-state index is -4.48. The summed E-state index contributed by atoms with van der Waals surface area (Å²) in [6.07, 6.45) is 1.86. The highest BCUT2D eigenvalue weighted by atomic mass is 19.4. The third kappa shape index (κ3) is 3.88. The summed E-state index contributed by atoms with van der Waals surface area (Å²) in [4.78, 5) is 17.4. The molecule has 2 bridgehead atoms.